The summed E-state index contributed by atoms with van der Waals surface area (Å²) in [5, 5.41) is 21.8. The first-order chi connectivity index (χ1) is 9.61. The van der Waals surface area contributed by atoms with Crippen molar-refractivity contribution < 1.29 is 15.0 Å². The van der Waals surface area contributed by atoms with Gasteiger partial charge in [-0.1, -0.05) is 12.8 Å². The Hall–Kier alpha value is -1.07. The Kier molecular flexibility index (Phi) is 5.43. The number of aliphatic hydroxyl groups is 1. The fraction of sp³-hybridized carbons (Fsp3) is 0.533. The number of carbonyl (C=O) groups excluding carboxylic acids is 1. The molecule has 2 unspecified atom stereocenters. The van der Waals surface area contributed by atoms with Gasteiger partial charge in [0.2, 0.25) is 0 Å². The van der Waals surface area contributed by atoms with E-state index >= 15 is 0 Å². The van der Waals surface area contributed by atoms with E-state index in [1.165, 1.54) is 6.07 Å². The Bertz CT molecular complexity index is 478. The number of aromatic hydroxyl groups is 1. The molecule has 1 aromatic carbocycles. The molecule has 0 aliphatic heterocycles. The lowest BCUT2D eigenvalue weighted by Gasteiger charge is -2.30. The standard InChI is InChI=1S/C15H20BrNO3/c16-13-6-5-10(7-14(13)19)15(20)17-8-11-3-1-2-4-12(11)9-18/h5-7,11-12,18-19H,1-4,8-9H2,(H,17,20). The highest BCUT2D eigenvalue weighted by molar-refractivity contribution is 9.10. The molecule has 0 saturated heterocycles. The number of carbonyl (C=O) groups is 1. The van der Waals surface area contributed by atoms with E-state index in [4.69, 9.17) is 0 Å². The van der Waals surface area contributed by atoms with E-state index in [-0.39, 0.29) is 18.3 Å². The average Bonchev–Trinajstić information content (AvgIpc) is 2.47. The van der Waals surface area contributed by atoms with Crippen LogP contribution in [0.4, 0.5) is 0 Å². The smallest absolute Gasteiger partial charge is 0.251 e. The van der Waals surface area contributed by atoms with Crippen molar-refractivity contribution in [2.24, 2.45) is 11.8 Å². The number of rotatable bonds is 4. The van der Waals surface area contributed by atoms with Crippen LogP contribution in [0.1, 0.15) is 36.0 Å². The van der Waals surface area contributed by atoms with E-state index in [0.29, 0.717) is 28.4 Å². The average molecular weight is 342 g/mol. The first-order valence-electron chi connectivity index (χ1n) is 6.99. The van der Waals surface area contributed by atoms with E-state index in [0.717, 1.165) is 25.7 Å². The number of hydrogen-bond acceptors (Lipinski definition) is 3. The van der Waals surface area contributed by atoms with Crippen LogP contribution in [-0.4, -0.2) is 29.3 Å². The minimum absolute atomic E-state index is 0.0588. The minimum Gasteiger partial charge on any atom is -0.507 e. The molecule has 2 atom stereocenters. The fourth-order valence-corrected chi connectivity index (χ4v) is 3.02. The number of benzene rings is 1. The summed E-state index contributed by atoms with van der Waals surface area (Å²) < 4.78 is 0.571. The maximum atomic E-state index is 12.0. The third-order valence-corrected chi connectivity index (χ3v) is 4.70. The largest absolute Gasteiger partial charge is 0.507 e. The topological polar surface area (TPSA) is 69.6 Å². The quantitative estimate of drug-likeness (QED) is 0.788. The number of halogens is 1. The normalized spacial score (nSPS) is 22.5. The van der Waals surface area contributed by atoms with Crippen LogP contribution in [0.15, 0.2) is 22.7 Å². The van der Waals surface area contributed by atoms with E-state index in [2.05, 4.69) is 21.2 Å². The van der Waals surface area contributed by atoms with Crippen LogP contribution in [0, 0.1) is 11.8 Å². The third-order valence-electron chi connectivity index (χ3n) is 4.03. The van der Waals surface area contributed by atoms with Crippen molar-refractivity contribution in [3.05, 3.63) is 28.2 Å². The van der Waals surface area contributed by atoms with Crippen LogP contribution in [0.25, 0.3) is 0 Å². The van der Waals surface area contributed by atoms with Crippen LogP contribution < -0.4 is 5.32 Å². The Balaban J connectivity index is 1.92. The maximum Gasteiger partial charge on any atom is 0.251 e. The molecule has 0 heterocycles. The van der Waals surface area contributed by atoms with E-state index in [1.54, 1.807) is 12.1 Å². The van der Waals surface area contributed by atoms with Gasteiger partial charge in [0, 0.05) is 18.7 Å². The number of phenols is 1. The summed E-state index contributed by atoms with van der Waals surface area (Å²) in [6.07, 6.45) is 4.42. The molecule has 1 aliphatic carbocycles. The van der Waals surface area contributed by atoms with Gasteiger partial charge in [0.1, 0.15) is 5.75 Å². The first kappa shape index (κ1) is 15.3. The van der Waals surface area contributed by atoms with Gasteiger partial charge in [0.25, 0.3) is 5.91 Å². The lowest BCUT2D eigenvalue weighted by molar-refractivity contribution is 0.0909. The Labute approximate surface area is 127 Å². The van der Waals surface area contributed by atoms with Crippen LogP contribution in [0.3, 0.4) is 0 Å². The Morgan fingerprint density at radius 3 is 2.65 bits per heavy atom. The van der Waals surface area contributed by atoms with Crippen molar-refractivity contribution in [3.63, 3.8) is 0 Å². The Morgan fingerprint density at radius 1 is 1.30 bits per heavy atom. The minimum atomic E-state index is -0.185. The number of hydrogen-bond donors (Lipinski definition) is 3. The highest BCUT2D eigenvalue weighted by atomic mass is 79.9. The van der Waals surface area contributed by atoms with Gasteiger partial charge in [-0.25, -0.2) is 0 Å². The molecular formula is C15H20BrNO3. The molecule has 1 fully saturated rings. The van der Waals surface area contributed by atoms with Crippen molar-refractivity contribution in [1.29, 1.82) is 0 Å². The molecule has 1 saturated carbocycles. The monoisotopic (exact) mass is 341 g/mol. The lowest BCUT2D eigenvalue weighted by atomic mass is 9.79. The summed E-state index contributed by atoms with van der Waals surface area (Å²) in [6.45, 7) is 0.778. The van der Waals surface area contributed by atoms with Gasteiger partial charge in [-0.2, -0.15) is 0 Å². The second kappa shape index (κ2) is 7.09. The van der Waals surface area contributed by atoms with Crippen LogP contribution in [0.2, 0.25) is 0 Å². The number of amides is 1. The van der Waals surface area contributed by atoms with Gasteiger partial charge >= 0.3 is 0 Å². The summed E-state index contributed by atoms with van der Waals surface area (Å²) in [4.78, 5) is 12.0. The zero-order chi connectivity index (χ0) is 14.5. The van der Waals surface area contributed by atoms with Crippen molar-refractivity contribution in [2.75, 3.05) is 13.2 Å². The molecule has 110 valence electrons. The zero-order valence-corrected chi connectivity index (χ0v) is 12.9. The molecular weight excluding hydrogens is 322 g/mol. The molecule has 0 spiro atoms. The summed E-state index contributed by atoms with van der Waals surface area (Å²) in [7, 11) is 0. The van der Waals surface area contributed by atoms with Crippen molar-refractivity contribution in [3.8, 4) is 5.75 Å². The number of aliphatic hydroxyl groups excluding tert-OH is 1. The first-order valence-corrected chi connectivity index (χ1v) is 7.78. The maximum absolute atomic E-state index is 12.0. The van der Waals surface area contributed by atoms with Gasteiger partial charge in [-0.3, -0.25) is 4.79 Å². The van der Waals surface area contributed by atoms with Crippen LogP contribution in [0.5, 0.6) is 5.75 Å². The highest BCUT2D eigenvalue weighted by Crippen LogP contribution is 2.29. The lowest BCUT2D eigenvalue weighted by Crippen LogP contribution is -2.35. The number of nitrogens with one attached hydrogen (secondary N) is 1. The molecule has 5 heteroatoms. The van der Waals surface area contributed by atoms with E-state index in [1.807, 2.05) is 0 Å². The summed E-state index contributed by atoms with van der Waals surface area (Å²) in [5.74, 6) is 0.516. The van der Waals surface area contributed by atoms with Gasteiger partial charge in [0.05, 0.1) is 4.47 Å². The molecule has 0 bridgehead atoms. The van der Waals surface area contributed by atoms with E-state index in [9.17, 15) is 15.0 Å². The van der Waals surface area contributed by atoms with Crippen molar-refractivity contribution >= 4 is 21.8 Å². The molecule has 3 N–H and O–H groups in total. The molecule has 0 radical (unpaired) electrons. The molecule has 0 aromatic heterocycles. The molecule has 4 nitrogen and oxygen atoms in total. The summed E-state index contributed by atoms with van der Waals surface area (Å²) in [6, 6.07) is 4.77. The second-order valence-corrected chi connectivity index (χ2v) is 6.22. The molecule has 2 rings (SSSR count). The van der Waals surface area contributed by atoms with E-state index < -0.39 is 0 Å². The van der Waals surface area contributed by atoms with Crippen LogP contribution >= 0.6 is 15.9 Å². The molecule has 1 aromatic rings. The predicted molar refractivity (Wildman–Crippen MR) is 80.7 cm³/mol. The zero-order valence-electron chi connectivity index (χ0n) is 11.3. The second-order valence-electron chi connectivity index (χ2n) is 5.36. The molecule has 1 amide bonds. The third kappa shape index (κ3) is 3.73. The van der Waals surface area contributed by atoms with Crippen molar-refractivity contribution in [2.45, 2.75) is 25.7 Å². The summed E-state index contributed by atoms with van der Waals surface area (Å²) >= 11 is 3.19. The highest BCUT2D eigenvalue weighted by Gasteiger charge is 2.24. The van der Waals surface area contributed by atoms with Gasteiger partial charge in [-0.15, -0.1) is 0 Å². The molecule has 20 heavy (non-hydrogen) atoms. The predicted octanol–water partition coefficient (Wildman–Crippen LogP) is 2.68. The van der Waals surface area contributed by atoms with Gasteiger partial charge in [0.15, 0.2) is 0 Å². The molecule has 1 aliphatic rings. The van der Waals surface area contributed by atoms with Crippen LogP contribution in [-0.2, 0) is 0 Å². The summed E-state index contributed by atoms with van der Waals surface area (Å²) in [5.41, 5.74) is 0.446. The SMILES string of the molecule is O=C(NCC1CCCCC1CO)c1ccc(Br)c(O)c1. The fourth-order valence-electron chi connectivity index (χ4n) is 2.77. The Morgan fingerprint density at radius 2 is 2.00 bits per heavy atom. The van der Waals surface area contributed by atoms with Gasteiger partial charge in [-0.05, 0) is 58.8 Å². The van der Waals surface area contributed by atoms with Gasteiger partial charge < -0.3 is 15.5 Å². The number of phenolic OH excluding ortho intramolecular Hbond substituents is 1. The van der Waals surface area contributed by atoms with Crippen molar-refractivity contribution in [1.82, 2.24) is 5.32 Å².